The molecule has 2 amide bonds. The van der Waals surface area contributed by atoms with Crippen molar-refractivity contribution in [2.75, 3.05) is 6.54 Å². The van der Waals surface area contributed by atoms with E-state index in [9.17, 15) is 9.59 Å². The predicted molar refractivity (Wildman–Crippen MR) is 96.7 cm³/mol. The van der Waals surface area contributed by atoms with Crippen LogP contribution in [0.25, 0.3) is 0 Å². The molecule has 3 aliphatic rings. The second-order valence-corrected chi connectivity index (χ2v) is 7.90. The topological polar surface area (TPSA) is 61.4 Å². The highest BCUT2D eigenvalue weighted by Crippen LogP contribution is 2.28. The fourth-order valence-corrected chi connectivity index (χ4v) is 4.98. The van der Waals surface area contributed by atoms with Crippen molar-refractivity contribution >= 4 is 35.6 Å². The minimum atomic E-state index is -0.294. The molecule has 3 atom stereocenters. The maximum atomic E-state index is 12.7. The van der Waals surface area contributed by atoms with Crippen molar-refractivity contribution in [3.63, 3.8) is 0 Å². The number of carbonyl (C=O) groups excluding carboxylic acids is 2. The SMILES string of the molecule is Cl.O=C(NC1CC2CCC(C1)N2)C1CCCN1C(=O)c1cccs1. The van der Waals surface area contributed by atoms with E-state index < -0.39 is 0 Å². The fourth-order valence-electron chi connectivity index (χ4n) is 4.30. The third-order valence-corrected chi connectivity index (χ3v) is 6.23. The standard InChI is InChI=1S/C17H23N3O2S.ClH/c21-16(19-13-9-11-5-6-12(10-13)18-11)14-3-1-7-20(14)17(22)15-4-2-8-23-15;/h2,4,8,11-14,18H,1,3,5-7,9-10H2,(H,19,21);1H. The van der Waals surface area contributed by atoms with Gasteiger partial charge in [-0.25, -0.2) is 0 Å². The van der Waals surface area contributed by atoms with Crippen LogP contribution in [0.1, 0.15) is 48.2 Å². The van der Waals surface area contributed by atoms with Gasteiger partial charge in [-0.2, -0.15) is 0 Å². The summed E-state index contributed by atoms with van der Waals surface area (Å²) >= 11 is 1.44. The Labute approximate surface area is 152 Å². The Morgan fingerprint density at radius 1 is 1.21 bits per heavy atom. The highest BCUT2D eigenvalue weighted by Gasteiger charge is 2.38. The van der Waals surface area contributed by atoms with Crippen LogP contribution >= 0.6 is 23.7 Å². The number of fused-ring (bicyclic) bond motifs is 2. The number of hydrogen-bond acceptors (Lipinski definition) is 4. The first kappa shape index (κ1) is 17.7. The van der Waals surface area contributed by atoms with E-state index in [1.807, 2.05) is 17.5 Å². The monoisotopic (exact) mass is 369 g/mol. The van der Waals surface area contributed by atoms with Gasteiger partial charge < -0.3 is 15.5 Å². The highest BCUT2D eigenvalue weighted by atomic mass is 35.5. The maximum absolute atomic E-state index is 12.7. The predicted octanol–water partition coefficient (Wildman–Crippen LogP) is 2.17. The summed E-state index contributed by atoms with van der Waals surface area (Å²) in [5, 5.41) is 8.72. The van der Waals surface area contributed by atoms with Crippen molar-refractivity contribution in [2.45, 2.75) is 62.7 Å². The zero-order valence-corrected chi connectivity index (χ0v) is 15.2. The van der Waals surface area contributed by atoms with Gasteiger partial charge >= 0.3 is 0 Å². The molecule has 132 valence electrons. The van der Waals surface area contributed by atoms with Gasteiger partial charge in [0.05, 0.1) is 4.88 Å². The van der Waals surface area contributed by atoms with Gasteiger partial charge in [-0.1, -0.05) is 6.07 Å². The van der Waals surface area contributed by atoms with Crippen LogP contribution in [-0.4, -0.2) is 47.4 Å². The van der Waals surface area contributed by atoms with Crippen molar-refractivity contribution < 1.29 is 9.59 Å². The lowest BCUT2D eigenvalue weighted by atomic mass is 9.99. The van der Waals surface area contributed by atoms with E-state index in [1.165, 1.54) is 24.2 Å². The number of halogens is 1. The van der Waals surface area contributed by atoms with Gasteiger partial charge in [-0.3, -0.25) is 9.59 Å². The van der Waals surface area contributed by atoms with Crippen LogP contribution < -0.4 is 10.6 Å². The van der Waals surface area contributed by atoms with E-state index in [0.717, 1.165) is 30.6 Å². The summed E-state index contributed by atoms with van der Waals surface area (Å²) in [7, 11) is 0. The smallest absolute Gasteiger partial charge is 0.264 e. The van der Waals surface area contributed by atoms with Crippen LogP contribution in [0, 0.1) is 0 Å². The summed E-state index contributed by atoms with van der Waals surface area (Å²) in [6.07, 6.45) is 6.18. The van der Waals surface area contributed by atoms with Gasteiger partial charge in [0.25, 0.3) is 5.91 Å². The number of rotatable bonds is 3. The molecule has 4 heterocycles. The molecular formula is C17H24ClN3O2S. The quantitative estimate of drug-likeness (QED) is 0.858. The van der Waals surface area contributed by atoms with E-state index in [0.29, 0.717) is 18.6 Å². The average molecular weight is 370 g/mol. The lowest BCUT2D eigenvalue weighted by Crippen LogP contribution is -2.53. The van der Waals surface area contributed by atoms with Crippen LogP contribution in [0.2, 0.25) is 0 Å². The van der Waals surface area contributed by atoms with Crippen molar-refractivity contribution in [3.05, 3.63) is 22.4 Å². The van der Waals surface area contributed by atoms with Crippen molar-refractivity contribution in [3.8, 4) is 0 Å². The Hall–Kier alpha value is -1.11. The van der Waals surface area contributed by atoms with E-state index >= 15 is 0 Å². The Balaban J connectivity index is 0.00000169. The molecule has 2 N–H and O–H groups in total. The molecular weight excluding hydrogens is 346 g/mol. The molecule has 3 saturated heterocycles. The largest absolute Gasteiger partial charge is 0.351 e. The molecule has 24 heavy (non-hydrogen) atoms. The number of carbonyl (C=O) groups is 2. The first-order chi connectivity index (χ1) is 11.2. The van der Waals surface area contributed by atoms with Crippen molar-refractivity contribution in [1.82, 2.24) is 15.5 Å². The maximum Gasteiger partial charge on any atom is 0.264 e. The molecule has 7 heteroatoms. The average Bonchev–Trinajstić information content (AvgIpc) is 3.27. The number of nitrogens with zero attached hydrogens (tertiary/aromatic N) is 1. The summed E-state index contributed by atoms with van der Waals surface area (Å²) in [6.45, 7) is 0.687. The van der Waals surface area contributed by atoms with E-state index in [-0.39, 0.29) is 36.3 Å². The first-order valence-corrected chi connectivity index (χ1v) is 9.49. The zero-order valence-electron chi connectivity index (χ0n) is 13.6. The van der Waals surface area contributed by atoms with Crippen LogP contribution in [0.5, 0.6) is 0 Å². The van der Waals surface area contributed by atoms with Crippen LogP contribution in [0.15, 0.2) is 17.5 Å². The Morgan fingerprint density at radius 2 is 1.96 bits per heavy atom. The lowest BCUT2D eigenvalue weighted by molar-refractivity contribution is -0.125. The van der Waals surface area contributed by atoms with Gasteiger partial charge in [0, 0.05) is 24.7 Å². The Kier molecular flexibility index (Phi) is 5.47. The molecule has 3 aliphatic heterocycles. The second kappa shape index (κ2) is 7.42. The molecule has 0 radical (unpaired) electrons. The highest BCUT2D eigenvalue weighted by molar-refractivity contribution is 7.12. The summed E-state index contributed by atoms with van der Waals surface area (Å²) in [6, 6.07) is 4.81. The number of amides is 2. The number of likely N-dealkylation sites (tertiary alicyclic amines) is 1. The van der Waals surface area contributed by atoms with Gasteiger partial charge in [0.1, 0.15) is 6.04 Å². The molecule has 3 unspecified atom stereocenters. The molecule has 1 aromatic rings. The molecule has 4 rings (SSSR count). The molecule has 0 saturated carbocycles. The second-order valence-electron chi connectivity index (χ2n) is 6.95. The summed E-state index contributed by atoms with van der Waals surface area (Å²) in [5.74, 6) is 0.0433. The van der Waals surface area contributed by atoms with E-state index in [1.54, 1.807) is 4.90 Å². The van der Waals surface area contributed by atoms with Gasteiger partial charge in [0.2, 0.25) is 5.91 Å². The minimum absolute atomic E-state index is 0. The number of hydrogen-bond donors (Lipinski definition) is 2. The van der Waals surface area contributed by atoms with E-state index in [2.05, 4.69) is 10.6 Å². The first-order valence-electron chi connectivity index (χ1n) is 8.61. The molecule has 0 aromatic carbocycles. The van der Waals surface area contributed by atoms with Crippen molar-refractivity contribution in [2.24, 2.45) is 0 Å². The minimum Gasteiger partial charge on any atom is -0.351 e. The summed E-state index contributed by atoms with van der Waals surface area (Å²) in [5.41, 5.74) is 0. The third-order valence-electron chi connectivity index (χ3n) is 5.37. The van der Waals surface area contributed by atoms with E-state index in [4.69, 9.17) is 0 Å². The number of thiophene rings is 1. The fraction of sp³-hybridized carbons (Fsp3) is 0.647. The summed E-state index contributed by atoms with van der Waals surface area (Å²) < 4.78 is 0. The summed E-state index contributed by atoms with van der Waals surface area (Å²) in [4.78, 5) is 27.8. The molecule has 0 spiro atoms. The van der Waals surface area contributed by atoms with Gasteiger partial charge in [-0.15, -0.1) is 23.7 Å². The molecule has 2 bridgehead atoms. The Bertz CT molecular complexity index is 583. The third kappa shape index (κ3) is 3.46. The number of piperidine rings is 1. The molecule has 0 aliphatic carbocycles. The molecule has 5 nitrogen and oxygen atoms in total. The van der Waals surface area contributed by atoms with Crippen LogP contribution in [0.3, 0.4) is 0 Å². The number of nitrogens with one attached hydrogen (secondary N) is 2. The Morgan fingerprint density at radius 3 is 2.62 bits per heavy atom. The lowest BCUT2D eigenvalue weighted by Gasteiger charge is -2.32. The zero-order chi connectivity index (χ0) is 15.8. The molecule has 3 fully saturated rings. The van der Waals surface area contributed by atoms with Gasteiger partial charge in [0.15, 0.2) is 0 Å². The van der Waals surface area contributed by atoms with Crippen LogP contribution in [0.4, 0.5) is 0 Å². The van der Waals surface area contributed by atoms with Gasteiger partial charge in [-0.05, 0) is 50.0 Å². The molecule has 1 aromatic heterocycles. The normalized spacial score (nSPS) is 31.6. The van der Waals surface area contributed by atoms with Crippen molar-refractivity contribution in [1.29, 1.82) is 0 Å². The van der Waals surface area contributed by atoms with Crippen LogP contribution in [-0.2, 0) is 4.79 Å².